The van der Waals surface area contributed by atoms with Crippen LogP contribution < -0.4 is 4.90 Å². The van der Waals surface area contributed by atoms with Crippen molar-refractivity contribution in [2.24, 2.45) is 0 Å². The number of nitrogens with zero attached hydrogens (tertiary/aromatic N) is 2. The molecule has 1 N–H and O–H groups in total. The lowest BCUT2D eigenvalue weighted by Crippen LogP contribution is -2.23. The van der Waals surface area contributed by atoms with Gasteiger partial charge in [0.2, 0.25) is 0 Å². The van der Waals surface area contributed by atoms with Crippen molar-refractivity contribution in [3.8, 4) is 0 Å². The predicted octanol–water partition coefficient (Wildman–Crippen LogP) is 3.74. The first-order chi connectivity index (χ1) is 9.58. The zero-order valence-corrected chi connectivity index (χ0v) is 12.9. The molecule has 110 valence electrons. The largest absolute Gasteiger partial charge is 0.478 e. The predicted molar refractivity (Wildman–Crippen MR) is 83.6 cm³/mol. The molecule has 0 aliphatic carbocycles. The van der Waals surface area contributed by atoms with E-state index in [-0.39, 0.29) is 0 Å². The molecule has 0 saturated carbocycles. The number of rotatable bonds is 4. The minimum Gasteiger partial charge on any atom is -0.478 e. The van der Waals surface area contributed by atoms with Crippen LogP contribution in [0.5, 0.6) is 0 Å². The summed E-state index contributed by atoms with van der Waals surface area (Å²) in [4.78, 5) is 18.8. The third-order valence-electron chi connectivity index (χ3n) is 3.47. The van der Waals surface area contributed by atoms with Crippen LogP contribution in [0.3, 0.4) is 0 Å². The van der Waals surface area contributed by atoms with Gasteiger partial charge in [-0.15, -0.1) is 0 Å². The molecule has 4 nitrogen and oxygen atoms in total. The molecular formula is C15H22N2O2S. The molecule has 1 aromatic heterocycles. The van der Waals surface area contributed by atoms with Crippen molar-refractivity contribution in [2.45, 2.75) is 45.4 Å². The highest BCUT2D eigenvalue weighted by atomic mass is 32.1. The van der Waals surface area contributed by atoms with Crippen LogP contribution in [0.2, 0.25) is 0 Å². The van der Waals surface area contributed by atoms with Crippen molar-refractivity contribution < 1.29 is 9.90 Å². The first-order valence-corrected chi connectivity index (χ1v) is 8.06. The summed E-state index contributed by atoms with van der Waals surface area (Å²) in [6, 6.07) is 0. The average molecular weight is 294 g/mol. The number of carbonyl (C=O) groups is 1. The lowest BCUT2D eigenvalue weighted by molar-refractivity contribution is -0.131. The molecule has 0 atom stereocenters. The van der Waals surface area contributed by atoms with Crippen LogP contribution in [-0.2, 0) is 4.79 Å². The van der Waals surface area contributed by atoms with Gasteiger partial charge in [0.25, 0.3) is 0 Å². The van der Waals surface area contributed by atoms with E-state index in [4.69, 9.17) is 10.1 Å². The molecule has 1 aromatic rings. The summed E-state index contributed by atoms with van der Waals surface area (Å²) < 4.78 is 0. The summed E-state index contributed by atoms with van der Waals surface area (Å²) in [5.74, 6) is -0.607. The van der Waals surface area contributed by atoms with Crippen molar-refractivity contribution in [3.05, 3.63) is 16.6 Å². The minimum absolute atomic E-state index is 0.306. The Morgan fingerprint density at radius 1 is 1.30 bits per heavy atom. The number of carboxylic acids is 1. The van der Waals surface area contributed by atoms with E-state index in [9.17, 15) is 4.79 Å². The number of thiazole rings is 1. The van der Waals surface area contributed by atoms with Crippen LogP contribution in [0.1, 0.15) is 56.0 Å². The summed E-state index contributed by atoms with van der Waals surface area (Å²) in [6.07, 6.45) is 7.91. The highest BCUT2D eigenvalue weighted by molar-refractivity contribution is 7.16. The van der Waals surface area contributed by atoms with Crippen LogP contribution in [-0.4, -0.2) is 29.1 Å². The third kappa shape index (κ3) is 3.82. The van der Waals surface area contributed by atoms with Gasteiger partial charge in [-0.3, -0.25) is 0 Å². The molecule has 0 unspecified atom stereocenters. The first-order valence-electron chi connectivity index (χ1n) is 7.24. The van der Waals surface area contributed by atoms with Crippen molar-refractivity contribution in [1.82, 2.24) is 4.98 Å². The zero-order valence-electron chi connectivity index (χ0n) is 12.1. The van der Waals surface area contributed by atoms with E-state index in [1.807, 2.05) is 0 Å². The van der Waals surface area contributed by atoms with E-state index < -0.39 is 5.97 Å². The van der Waals surface area contributed by atoms with Gasteiger partial charge in [0.15, 0.2) is 5.13 Å². The van der Waals surface area contributed by atoms with Gasteiger partial charge in [-0.25, -0.2) is 9.78 Å². The molecule has 1 fully saturated rings. The second-order valence-corrected chi connectivity index (χ2v) is 6.48. The standard InChI is InChI=1S/C15H22N2O2S/c1-11(2)14-12(7-8-13(18)19)20-15(16-14)17-9-5-3-4-6-10-17/h7-8,11H,3-6,9-10H2,1-2H3,(H,18,19)/b8-7+. The summed E-state index contributed by atoms with van der Waals surface area (Å²) in [6.45, 7) is 6.32. The Hall–Kier alpha value is -1.36. The lowest BCUT2D eigenvalue weighted by atomic mass is 10.1. The summed E-state index contributed by atoms with van der Waals surface area (Å²) in [5, 5.41) is 9.83. The molecule has 1 aliphatic rings. The molecule has 0 radical (unpaired) electrons. The maximum absolute atomic E-state index is 10.7. The van der Waals surface area contributed by atoms with E-state index in [1.165, 1.54) is 31.8 Å². The van der Waals surface area contributed by atoms with E-state index in [1.54, 1.807) is 17.4 Å². The lowest BCUT2D eigenvalue weighted by Gasteiger charge is -2.18. The fourth-order valence-electron chi connectivity index (χ4n) is 2.41. The molecule has 5 heteroatoms. The Morgan fingerprint density at radius 2 is 1.95 bits per heavy atom. The van der Waals surface area contributed by atoms with Crippen molar-refractivity contribution >= 4 is 28.5 Å². The highest BCUT2D eigenvalue weighted by Gasteiger charge is 2.18. The number of hydrogen-bond acceptors (Lipinski definition) is 4. The summed E-state index contributed by atoms with van der Waals surface area (Å²) >= 11 is 1.61. The monoisotopic (exact) mass is 294 g/mol. The molecule has 1 aliphatic heterocycles. The normalized spacial score (nSPS) is 16.9. The molecular weight excluding hydrogens is 272 g/mol. The Labute approximate surface area is 124 Å². The molecule has 0 amide bonds. The molecule has 1 saturated heterocycles. The van der Waals surface area contributed by atoms with E-state index >= 15 is 0 Å². The van der Waals surface area contributed by atoms with Gasteiger partial charge < -0.3 is 10.0 Å². The van der Waals surface area contributed by atoms with Gasteiger partial charge in [-0.05, 0) is 24.8 Å². The fraction of sp³-hybridized carbons (Fsp3) is 0.600. The molecule has 0 aromatic carbocycles. The zero-order chi connectivity index (χ0) is 14.5. The Balaban J connectivity index is 2.25. The van der Waals surface area contributed by atoms with Gasteiger partial charge >= 0.3 is 5.97 Å². The van der Waals surface area contributed by atoms with Crippen LogP contribution in [0.15, 0.2) is 6.08 Å². The maximum atomic E-state index is 10.7. The van der Waals surface area contributed by atoms with Gasteiger partial charge in [0, 0.05) is 19.2 Å². The average Bonchev–Trinajstić information content (AvgIpc) is 2.63. The van der Waals surface area contributed by atoms with Gasteiger partial charge in [-0.2, -0.15) is 0 Å². The van der Waals surface area contributed by atoms with Crippen molar-refractivity contribution in [3.63, 3.8) is 0 Å². The van der Waals surface area contributed by atoms with E-state index in [0.29, 0.717) is 5.92 Å². The van der Waals surface area contributed by atoms with E-state index in [2.05, 4.69) is 18.7 Å². The number of aromatic nitrogens is 1. The van der Waals surface area contributed by atoms with E-state index in [0.717, 1.165) is 28.8 Å². The molecule has 2 rings (SSSR count). The third-order valence-corrected chi connectivity index (χ3v) is 4.57. The Morgan fingerprint density at radius 3 is 2.50 bits per heavy atom. The Bertz CT molecular complexity index is 486. The highest BCUT2D eigenvalue weighted by Crippen LogP contribution is 2.32. The summed E-state index contributed by atoms with van der Waals surface area (Å²) in [7, 11) is 0. The number of carboxylic acid groups (broad SMARTS) is 1. The minimum atomic E-state index is -0.913. The molecule has 2 heterocycles. The first kappa shape index (κ1) is 15.0. The number of hydrogen-bond donors (Lipinski definition) is 1. The maximum Gasteiger partial charge on any atom is 0.328 e. The smallest absolute Gasteiger partial charge is 0.328 e. The van der Waals surface area contributed by atoms with Crippen LogP contribution in [0, 0.1) is 0 Å². The molecule has 20 heavy (non-hydrogen) atoms. The van der Waals surface area contributed by atoms with Crippen molar-refractivity contribution in [2.75, 3.05) is 18.0 Å². The Kier molecular flexibility index (Phi) is 5.17. The topological polar surface area (TPSA) is 53.4 Å². The fourth-order valence-corrected chi connectivity index (χ4v) is 3.58. The van der Waals surface area contributed by atoms with Gasteiger partial charge in [0.05, 0.1) is 10.6 Å². The van der Waals surface area contributed by atoms with Crippen LogP contribution in [0.25, 0.3) is 6.08 Å². The van der Waals surface area contributed by atoms with Crippen molar-refractivity contribution in [1.29, 1.82) is 0 Å². The van der Waals surface area contributed by atoms with Crippen LogP contribution in [0.4, 0.5) is 5.13 Å². The number of anilines is 1. The quantitative estimate of drug-likeness (QED) is 0.859. The molecule has 0 bridgehead atoms. The summed E-state index contributed by atoms with van der Waals surface area (Å²) in [5.41, 5.74) is 1.01. The van der Waals surface area contributed by atoms with Gasteiger partial charge in [-0.1, -0.05) is 38.0 Å². The molecule has 0 spiro atoms. The second kappa shape index (κ2) is 6.88. The SMILES string of the molecule is CC(C)c1nc(N2CCCCCC2)sc1/C=C/C(=O)O. The second-order valence-electron chi connectivity index (χ2n) is 5.47. The van der Waals surface area contributed by atoms with Gasteiger partial charge in [0.1, 0.15) is 0 Å². The van der Waals surface area contributed by atoms with Crippen LogP contribution >= 0.6 is 11.3 Å². The number of aliphatic carboxylic acids is 1.